The van der Waals surface area contributed by atoms with Crippen LogP contribution in [0.3, 0.4) is 0 Å². The van der Waals surface area contributed by atoms with Gasteiger partial charge in [-0.15, -0.1) is 0 Å². The number of aldehydes is 1. The fraction of sp³-hybridized carbons (Fsp3) is 0.846. The minimum atomic E-state index is -0.185. The SMILES string of the molecule is CCCCCCC(C=O)CCOC(=O)CC. The number of carbonyl (C=O) groups is 2. The number of unbranched alkanes of at least 4 members (excludes halogenated alkanes) is 3. The van der Waals surface area contributed by atoms with Crippen molar-refractivity contribution in [2.24, 2.45) is 5.92 Å². The van der Waals surface area contributed by atoms with Crippen molar-refractivity contribution >= 4 is 12.3 Å². The van der Waals surface area contributed by atoms with Gasteiger partial charge in [0.05, 0.1) is 6.61 Å². The molecule has 3 nitrogen and oxygen atoms in total. The van der Waals surface area contributed by atoms with Gasteiger partial charge in [0.2, 0.25) is 0 Å². The summed E-state index contributed by atoms with van der Waals surface area (Å²) in [6.07, 6.45) is 7.72. The Morgan fingerprint density at radius 1 is 1.19 bits per heavy atom. The van der Waals surface area contributed by atoms with Crippen LogP contribution in [0.15, 0.2) is 0 Å². The van der Waals surface area contributed by atoms with Crippen molar-refractivity contribution in [2.75, 3.05) is 6.61 Å². The highest BCUT2D eigenvalue weighted by molar-refractivity contribution is 5.68. The molecule has 0 fully saturated rings. The van der Waals surface area contributed by atoms with E-state index in [1.54, 1.807) is 6.92 Å². The molecule has 0 heterocycles. The van der Waals surface area contributed by atoms with Gasteiger partial charge in [0.1, 0.15) is 6.29 Å². The lowest BCUT2D eigenvalue weighted by Crippen LogP contribution is -2.10. The van der Waals surface area contributed by atoms with Gasteiger partial charge in [0.25, 0.3) is 0 Å². The number of esters is 1. The smallest absolute Gasteiger partial charge is 0.305 e. The largest absolute Gasteiger partial charge is 0.466 e. The lowest BCUT2D eigenvalue weighted by molar-refractivity contribution is -0.143. The van der Waals surface area contributed by atoms with Gasteiger partial charge in [-0.1, -0.05) is 39.5 Å². The zero-order valence-electron chi connectivity index (χ0n) is 10.5. The first-order valence-corrected chi connectivity index (χ1v) is 6.35. The van der Waals surface area contributed by atoms with Crippen molar-refractivity contribution in [2.45, 2.75) is 58.8 Å². The maximum absolute atomic E-state index is 10.9. The van der Waals surface area contributed by atoms with Crippen molar-refractivity contribution in [1.82, 2.24) is 0 Å². The lowest BCUT2D eigenvalue weighted by atomic mass is 9.99. The van der Waals surface area contributed by atoms with Gasteiger partial charge in [-0.3, -0.25) is 4.79 Å². The summed E-state index contributed by atoms with van der Waals surface area (Å²) in [5.74, 6) is -0.128. The Labute approximate surface area is 98.6 Å². The molecule has 0 aliphatic carbocycles. The lowest BCUT2D eigenvalue weighted by Gasteiger charge is -2.10. The standard InChI is InChI=1S/C13H24O3/c1-3-5-6-7-8-12(11-14)9-10-16-13(15)4-2/h11-12H,3-10H2,1-2H3. The number of hydrogen-bond acceptors (Lipinski definition) is 3. The van der Waals surface area contributed by atoms with Crippen LogP contribution in [0, 0.1) is 5.92 Å². The second-order valence-corrected chi connectivity index (χ2v) is 4.11. The van der Waals surface area contributed by atoms with Crippen LogP contribution >= 0.6 is 0 Å². The summed E-state index contributed by atoms with van der Waals surface area (Å²) in [6.45, 7) is 4.32. The van der Waals surface area contributed by atoms with Gasteiger partial charge < -0.3 is 9.53 Å². The van der Waals surface area contributed by atoms with Crippen LogP contribution in [-0.2, 0) is 14.3 Å². The average Bonchev–Trinajstić information content (AvgIpc) is 2.31. The summed E-state index contributed by atoms with van der Waals surface area (Å²) in [7, 11) is 0. The molecule has 1 unspecified atom stereocenters. The summed E-state index contributed by atoms with van der Waals surface area (Å²) >= 11 is 0. The van der Waals surface area contributed by atoms with E-state index < -0.39 is 0 Å². The molecule has 0 aliphatic rings. The first kappa shape index (κ1) is 15.1. The molecule has 0 aromatic heterocycles. The molecular weight excluding hydrogens is 204 g/mol. The van der Waals surface area contributed by atoms with E-state index in [0.29, 0.717) is 19.4 Å². The van der Waals surface area contributed by atoms with Crippen LogP contribution in [0.5, 0.6) is 0 Å². The van der Waals surface area contributed by atoms with Crippen LogP contribution in [-0.4, -0.2) is 18.9 Å². The maximum Gasteiger partial charge on any atom is 0.305 e. The topological polar surface area (TPSA) is 43.4 Å². The van der Waals surface area contributed by atoms with Gasteiger partial charge >= 0.3 is 5.97 Å². The minimum Gasteiger partial charge on any atom is -0.466 e. The Morgan fingerprint density at radius 3 is 2.50 bits per heavy atom. The van der Waals surface area contributed by atoms with E-state index in [9.17, 15) is 9.59 Å². The van der Waals surface area contributed by atoms with E-state index in [4.69, 9.17) is 4.74 Å². The monoisotopic (exact) mass is 228 g/mol. The third-order valence-corrected chi connectivity index (χ3v) is 2.66. The van der Waals surface area contributed by atoms with E-state index in [0.717, 1.165) is 19.1 Å². The maximum atomic E-state index is 10.9. The van der Waals surface area contributed by atoms with Crippen LogP contribution in [0.1, 0.15) is 58.8 Å². The fourth-order valence-corrected chi connectivity index (χ4v) is 1.54. The molecule has 0 bridgehead atoms. The zero-order valence-corrected chi connectivity index (χ0v) is 10.5. The zero-order chi connectivity index (χ0) is 12.2. The van der Waals surface area contributed by atoms with Crippen LogP contribution < -0.4 is 0 Å². The Morgan fingerprint density at radius 2 is 1.94 bits per heavy atom. The van der Waals surface area contributed by atoms with Crippen molar-refractivity contribution < 1.29 is 14.3 Å². The summed E-state index contributed by atoms with van der Waals surface area (Å²) in [4.78, 5) is 21.6. The van der Waals surface area contributed by atoms with E-state index >= 15 is 0 Å². The molecule has 0 amide bonds. The minimum absolute atomic E-state index is 0.0570. The Balaban J connectivity index is 3.51. The molecule has 0 N–H and O–H groups in total. The van der Waals surface area contributed by atoms with E-state index in [1.807, 2.05) is 0 Å². The second-order valence-electron chi connectivity index (χ2n) is 4.11. The summed E-state index contributed by atoms with van der Waals surface area (Å²) in [5, 5.41) is 0. The van der Waals surface area contributed by atoms with Crippen LogP contribution in [0.25, 0.3) is 0 Å². The molecule has 1 atom stereocenters. The van der Waals surface area contributed by atoms with Crippen molar-refractivity contribution in [3.05, 3.63) is 0 Å². The third-order valence-electron chi connectivity index (χ3n) is 2.66. The fourth-order valence-electron chi connectivity index (χ4n) is 1.54. The first-order chi connectivity index (χ1) is 7.74. The van der Waals surface area contributed by atoms with Gasteiger partial charge in [-0.05, 0) is 12.8 Å². The predicted molar refractivity (Wildman–Crippen MR) is 64.2 cm³/mol. The third kappa shape index (κ3) is 8.45. The summed E-state index contributed by atoms with van der Waals surface area (Å²) < 4.78 is 4.95. The molecule has 0 aromatic rings. The molecule has 0 saturated heterocycles. The van der Waals surface area contributed by atoms with Crippen LogP contribution in [0.4, 0.5) is 0 Å². The Kier molecular flexibility index (Phi) is 10.1. The molecule has 0 aliphatic heterocycles. The highest BCUT2D eigenvalue weighted by atomic mass is 16.5. The molecule has 0 aromatic carbocycles. The van der Waals surface area contributed by atoms with E-state index in [-0.39, 0.29) is 11.9 Å². The number of carbonyl (C=O) groups excluding carboxylic acids is 2. The Hall–Kier alpha value is -0.860. The number of ether oxygens (including phenoxy) is 1. The van der Waals surface area contributed by atoms with Gasteiger partial charge in [0.15, 0.2) is 0 Å². The van der Waals surface area contributed by atoms with E-state index in [2.05, 4.69) is 6.92 Å². The number of rotatable bonds is 10. The molecule has 0 spiro atoms. The van der Waals surface area contributed by atoms with Gasteiger partial charge in [0, 0.05) is 12.3 Å². The second kappa shape index (κ2) is 10.7. The quantitative estimate of drug-likeness (QED) is 0.328. The average molecular weight is 228 g/mol. The molecule has 0 rings (SSSR count). The van der Waals surface area contributed by atoms with Crippen molar-refractivity contribution in [3.8, 4) is 0 Å². The van der Waals surface area contributed by atoms with Crippen molar-refractivity contribution in [1.29, 1.82) is 0 Å². The predicted octanol–water partition coefficient (Wildman–Crippen LogP) is 3.12. The molecular formula is C13H24O3. The van der Waals surface area contributed by atoms with Gasteiger partial charge in [-0.25, -0.2) is 0 Å². The van der Waals surface area contributed by atoms with Crippen LogP contribution in [0.2, 0.25) is 0 Å². The Bertz CT molecular complexity index is 190. The highest BCUT2D eigenvalue weighted by Crippen LogP contribution is 2.12. The highest BCUT2D eigenvalue weighted by Gasteiger charge is 2.08. The number of hydrogen-bond donors (Lipinski definition) is 0. The van der Waals surface area contributed by atoms with Crippen molar-refractivity contribution in [3.63, 3.8) is 0 Å². The normalized spacial score (nSPS) is 12.1. The first-order valence-electron chi connectivity index (χ1n) is 6.35. The molecule has 0 radical (unpaired) electrons. The summed E-state index contributed by atoms with van der Waals surface area (Å²) in [6, 6.07) is 0. The molecule has 3 heteroatoms. The molecule has 0 saturated carbocycles. The van der Waals surface area contributed by atoms with E-state index in [1.165, 1.54) is 19.3 Å². The van der Waals surface area contributed by atoms with Gasteiger partial charge in [-0.2, -0.15) is 0 Å². The summed E-state index contributed by atoms with van der Waals surface area (Å²) in [5.41, 5.74) is 0. The molecule has 94 valence electrons. The molecule has 16 heavy (non-hydrogen) atoms.